The Hall–Kier alpha value is -1.40. The number of hydrogen-bond acceptors (Lipinski definition) is 3. The molecule has 0 radical (unpaired) electrons. The Morgan fingerprint density at radius 2 is 1.68 bits per heavy atom. The molecule has 1 aromatic rings. The van der Waals surface area contributed by atoms with Crippen LogP contribution in [-0.4, -0.2) is 36.9 Å². The summed E-state index contributed by atoms with van der Waals surface area (Å²) in [7, 11) is -3.75. The highest BCUT2D eigenvalue weighted by molar-refractivity contribution is 7.89. The van der Waals surface area contributed by atoms with E-state index in [4.69, 9.17) is 5.11 Å². The summed E-state index contributed by atoms with van der Waals surface area (Å²) in [6.07, 6.45) is 1.38. The van der Waals surface area contributed by atoms with Gasteiger partial charge in [0, 0.05) is 13.1 Å². The van der Waals surface area contributed by atoms with Crippen molar-refractivity contribution in [1.82, 2.24) is 4.31 Å². The molecule has 19 heavy (non-hydrogen) atoms. The van der Waals surface area contributed by atoms with E-state index in [-0.39, 0.29) is 10.5 Å². The van der Waals surface area contributed by atoms with E-state index in [1.54, 1.807) is 0 Å². The molecule has 0 atom stereocenters. The molecule has 1 rings (SSSR count). The van der Waals surface area contributed by atoms with E-state index in [9.17, 15) is 13.2 Å². The summed E-state index contributed by atoms with van der Waals surface area (Å²) in [6, 6.07) is 5.71. The second-order valence-electron chi connectivity index (χ2n) is 4.21. The first-order valence-corrected chi connectivity index (χ1v) is 7.71. The molecular weight excluding hydrogens is 266 g/mol. The van der Waals surface area contributed by atoms with Crippen molar-refractivity contribution in [2.75, 3.05) is 13.1 Å². The minimum Gasteiger partial charge on any atom is -0.478 e. The highest BCUT2D eigenvalue weighted by Gasteiger charge is 2.27. The average Bonchev–Trinajstić information content (AvgIpc) is 2.38. The van der Waals surface area contributed by atoms with Crippen molar-refractivity contribution >= 4 is 16.0 Å². The Balaban J connectivity index is 3.29. The van der Waals surface area contributed by atoms with Crippen molar-refractivity contribution in [3.8, 4) is 0 Å². The number of hydrogen-bond donors (Lipinski definition) is 1. The number of sulfonamides is 1. The Bertz CT molecular complexity index is 533. The first-order valence-electron chi connectivity index (χ1n) is 6.27. The fraction of sp³-hybridized carbons (Fsp3) is 0.462. The van der Waals surface area contributed by atoms with Crippen LogP contribution in [0.5, 0.6) is 0 Å². The summed E-state index contributed by atoms with van der Waals surface area (Å²) in [5.74, 6) is -1.23. The monoisotopic (exact) mass is 285 g/mol. The number of aromatic carboxylic acids is 1. The molecule has 0 spiro atoms. The van der Waals surface area contributed by atoms with Gasteiger partial charge in [-0.1, -0.05) is 26.0 Å². The van der Waals surface area contributed by atoms with Crippen LogP contribution in [0, 0.1) is 0 Å². The lowest BCUT2D eigenvalue weighted by Crippen LogP contribution is -2.33. The fourth-order valence-electron chi connectivity index (χ4n) is 1.86. The van der Waals surface area contributed by atoms with Gasteiger partial charge in [-0.05, 0) is 25.0 Å². The van der Waals surface area contributed by atoms with E-state index in [1.165, 1.54) is 28.6 Å². The Labute approximate surface area is 113 Å². The summed E-state index contributed by atoms with van der Waals surface area (Å²) in [6.45, 7) is 4.57. The van der Waals surface area contributed by atoms with Gasteiger partial charge in [-0.25, -0.2) is 13.2 Å². The van der Waals surface area contributed by atoms with Crippen LogP contribution in [0.3, 0.4) is 0 Å². The van der Waals surface area contributed by atoms with Crippen molar-refractivity contribution in [1.29, 1.82) is 0 Å². The Morgan fingerprint density at radius 1 is 1.16 bits per heavy atom. The van der Waals surface area contributed by atoms with Crippen LogP contribution in [0.25, 0.3) is 0 Å². The largest absolute Gasteiger partial charge is 0.478 e. The molecule has 0 unspecified atom stereocenters. The van der Waals surface area contributed by atoms with Crippen molar-refractivity contribution in [2.24, 2.45) is 0 Å². The fourth-order valence-corrected chi connectivity index (χ4v) is 3.67. The second kappa shape index (κ2) is 6.68. The first kappa shape index (κ1) is 15.7. The third-order valence-electron chi connectivity index (χ3n) is 2.68. The van der Waals surface area contributed by atoms with Gasteiger partial charge in [0.25, 0.3) is 0 Å². The molecule has 0 fully saturated rings. The molecule has 1 N–H and O–H groups in total. The van der Waals surface area contributed by atoms with E-state index in [0.717, 1.165) is 0 Å². The van der Waals surface area contributed by atoms with E-state index >= 15 is 0 Å². The molecule has 0 aromatic heterocycles. The molecule has 0 bridgehead atoms. The van der Waals surface area contributed by atoms with Gasteiger partial charge in [0.2, 0.25) is 10.0 Å². The minimum atomic E-state index is -3.75. The smallest absolute Gasteiger partial charge is 0.337 e. The third-order valence-corrected chi connectivity index (χ3v) is 4.64. The topological polar surface area (TPSA) is 74.7 Å². The molecule has 0 aliphatic carbocycles. The molecule has 106 valence electrons. The molecule has 0 aliphatic heterocycles. The summed E-state index contributed by atoms with van der Waals surface area (Å²) < 4.78 is 26.3. The van der Waals surface area contributed by atoms with E-state index in [2.05, 4.69) is 0 Å². The highest BCUT2D eigenvalue weighted by atomic mass is 32.2. The van der Waals surface area contributed by atoms with Gasteiger partial charge in [0.15, 0.2) is 0 Å². The lowest BCUT2D eigenvalue weighted by Gasteiger charge is -2.21. The maximum atomic E-state index is 12.5. The van der Waals surface area contributed by atoms with E-state index < -0.39 is 16.0 Å². The molecule has 1 aromatic carbocycles. The van der Waals surface area contributed by atoms with Crippen LogP contribution in [0.4, 0.5) is 0 Å². The van der Waals surface area contributed by atoms with Crippen molar-refractivity contribution in [3.05, 3.63) is 29.8 Å². The van der Waals surface area contributed by atoms with Crippen LogP contribution < -0.4 is 0 Å². The Morgan fingerprint density at radius 3 is 2.16 bits per heavy atom. The van der Waals surface area contributed by atoms with E-state index in [1.807, 2.05) is 13.8 Å². The van der Waals surface area contributed by atoms with Gasteiger partial charge in [0.1, 0.15) is 0 Å². The Kier molecular flexibility index (Phi) is 5.50. The van der Waals surface area contributed by atoms with Crippen molar-refractivity contribution in [2.45, 2.75) is 31.6 Å². The maximum absolute atomic E-state index is 12.5. The predicted molar refractivity (Wildman–Crippen MR) is 72.7 cm³/mol. The summed E-state index contributed by atoms with van der Waals surface area (Å²) >= 11 is 0. The number of carboxylic acids is 1. The van der Waals surface area contributed by atoms with Crippen LogP contribution in [0.1, 0.15) is 37.0 Å². The number of rotatable bonds is 7. The van der Waals surface area contributed by atoms with Crippen LogP contribution >= 0.6 is 0 Å². The average molecular weight is 285 g/mol. The molecule has 5 nitrogen and oxygen atoms in total. The zero-order valence-corrected chi connectivity index (χ0v) is 12.0. The summed E-state index contributed by atoms with van der Waals surface area (Å²) in [5.41, 5.74) is -0.181. The molecule has 0 saturated carbocycles. The van der Waals surface area contributed by atoms with Crippen LogP contribution in [0.15, 0.2) is 29.2 Å². The second-order valence-corrected chi connectivity index (χ2v) is 6.11. The van der Waals surface area contributed by atoms with E-state index in [0.29, 0.717) is 25.9 Å². The van der Waals surface area contributed by atoms with Crippen LogP contribution in [-0.2, 0) is 10.0 Å². The summed E-state index contributed by atoms with van der Waals surface area (Å²) in [4.78, 5) is 11.0. The molecule has 0 amide bonds. The molecule has 0 saturated heterocycles. The molecular formula is C13H19NO4S. The molecule has 0 heterocycles. The van der Waals surface area contributed by atoms with Gasteiger partial charge < -0.3 is 5.11 Å². The van der Waals surface area contributed by atoms with Gasteiger partial charge in [-0.15, -0.1) is 0 Å². The number of benzene rings is 1. The van der Waals surface area contributed by atoms with Gasteiger partial charge >= 0.3 is 5.97 Å². The number of carbonyl (C=O) groups is 1. The predicted octanol–water partition coefficient (Wildman–Crippen LogP) is 2.20. The third kappa shape index (κ3) is 3.54. The number of carboxylic acid groups (broad SMARTS) is 1. The minimum absolute atomic E-state index is 0.135. The zero-order valence-electron chi connectivity index (χ0n) is 11.2. The SMILES string of the molecule is CCCN(CCC)S(=O)(=O)c1ccccc1C(=O)O. The summed E-state index contributed by atoms with van der Waals surface area (Å²) in [5, 5.41) is 9.09. The zero-order chi connectivity index (χ0) is 14.5. The normalized spacial score (nSPS) is 11.7. The quantitative estimate of drug-likeness (QED) is 0.833. The molecule has 0 aliphatic rings. The maximum Gasteiger partial charge on any atom is 0.337 e. The first-order chi connectivity index (χ1) is 8.95. The standard InChI is InChI=1S/C13H19NO4S/c1-3-9-14(10-4-2)19(17,18)12-8-6-5-7-11(12)13(15)16/h5-8H,3-4,9-10H2,1-2H3,(H,15,16). The van der Waals surface area contributed by atoms with Gasteiger partial charge in [-0.2, -0.15) is 4.31 Å². The highest BCUT2D eigenvalue weighted by Crippen LogP contribution is 2.20. The van der Waals surface area contributed by atoms with Gasteiger partial charge in [-0.3, -0.25) is 0 Å². The lowest BCUT2D eigenvalue weighted by molar-refractivity contribution is 0.0692. The van der Waals surface area contributed by atoms with Gasteiger partial charge in [0.05, 0.1) is 10.5 Å². The van der Waals surface area contributed by atoms with Crippen molar-refractivity contribution < 1.29 is 18.3 Å². The lowest BCUT2D eigenvalue weighted by atomic mass is 10.2. The van der Waals surface area contributed by atoms with Crippen LogP contribution in [0.2, 0.25) is 0 Å². The number of nitrogens with zero attached hydrogens (tertiary/aromatic N) is 1. The van der Waals surface area contributed by atoms with Crippen molar-refractivity contribution in [3.63, 3.8) is 0 Å². The molecule has 6 heteroatoms.